The predicted octanol–water partition coefficient (Wildman–Crippen LogP) is 3.60. The lowest BCUT2D eigenvalue weighted by molar-refractivity contribution is 0.0497. The number of carbonyl (C=O) groups is 1. The average Bonchev–Trinajstić information content (AvgIpc) is 2.68. The van der Waals surface area contributed by atoms with Gasteiger partial charge in [-0.3, -0.25) is 4.79 Å². The summed E-state index contributed by atoms with van der Waals surface area (Å²) in [4.78, 5) is 17.5. The highest BCUT2D eigenvalue weighted by molar-refractivity contribution is 9.10. The van der Waals surface area contributed by atoms with E-state index in [1.807, 2.05) is 23.1 Å². The van der Waals surface area contributed by atoms with Gasteiger partial charge in [-0.1, -0.05) is 30.3 Å². The van der Waals surface area contributed by atoms with Crippen molar-refractivity contribution in [3.8, 4) is 11.5 Å². The van der Waals surface area contributed by atoms with Crippen LogP contribution in [-0.2, 0) is 0 Å². The standard InChI is InChI=1S/C20H23BrN2O3/c1-22-9-10-23(16(13-22)14-7-5-4-6-8-14)20(24)15-11-17(25-2)19(21)18(12-15)26-3/h4-8,11-12,16H,9-10,13H2,1-3H3. The van der Waals surface area contributed by atoms with Crippen molar-refractivity contribution in [1.82, 2.24) is 9.80 Å². The van der Waals surface area contributed by atoms with Crippen molar-refractivity contribution in [2.45, 2.75) is 6.04 Å². The molecule has 2 aromatic carbocycles. The van der Waals surface area contributed by atoms with Crippen LogP contribution in [0.2, 0.25) is 0 Å². The Morgan fingerprint density at radius 2 is 1.69 bits per heavy atom. The zero-order valence-corrected chi connectivity index (χ0v) is 16.8. The summed E-state index contributed by atoms with van der Waals surface area (Å²) in [5.74, 6) is 1.15. The van der Waals surface area contributed by atoms with Crippen molar-refractivity contribution < 1.29 is 14.3 Å². The summed E-state index contributed by atoms with van der Waals surface area (Å²) in [6.07, 6.45) is 0. The number of hydrogen-bond acceptors (Lipinski definition) is 4. The first-order chi connectivity index (χ1) is 12.5. The number of amides is 1. The first-order valence-electron chi connectivity index (χ1n) is 8.51. The maximum atomic E-state index is 13.3. The third-order valence-corrected chi connectivity index (χ3v) is 5.50. The summed E-state index contributed by atoms with van der Waals surface area (Å²) in [6, 6.07) is 13.7. The largest absolute Gasteiger partial charge is 0.495 e. The smallest absolute Gasteiger partial charge is 0.254 e. The molecule has 0 aromatic heterocycles. The van der Waals surface area contributed by atoms with Crippen LogP contribution in [0.3, 0.4) is 0 Å². The van der Waals surface area contributed by atoms with Crippen molar-refractivity contribution in [3.05, 3.63) is 58.1 Å². The zero-order valence-electron chi connectivity index (χ0n) is 15.2. The Bertz CT molecular complexity index is 757. The first-order valence-corrected chi connectivity index (χ1v) is 9.30. The molecule has 0 saturated carbocycles. The summed E-state index contributed by atoms with van der Waals surface area (Å²) >= 11 is 3.46. The molecule has 0 spiro atoms. The Balaban J connectivity index is 1.97. The molecule has 1 saturated heterocycles. The van der Waals surface area contributed by atoms with E-state index in [0.717, 1.165) is 18.7 Å². The van der Waals surface area contributed by atoms with Crippen LogP contribution in [0.1, 0.15) is 22.0 Å². The minimum absolute atomic E-state index is 0.0167. The molecule has 1 atom stereocenters. The third kappa shape index (κ3) is 3.71. The Hall–Kier alpha value is -2.05. The van der Waals surface area contributed by atoms with Gasteiger partial charge >= 0.3 is 0 Å². The lowest BCUT2D eigenvalue weighted by Gasteiger charge is -2.40. The number of piperazine rings is 1. The number of nitrogens with zero attached hydrogens (tertiary/aromatic N) is 2. The topological polar surface area (TPSA) is 42.0 Å². The molecule has 3 rings (SSSR count). The molecular formula is C20H23BrN2O3. The number of carbonyl (C=O) groups excluding carboxylic acids is 1. The van der Waals surface area contributed by atoms with Crippen LogP contribution in [0.15, 0.2) is 46.9 Å². The van der Waals surface area contributed by atoms with Gasteiger partial charge in [0.2, 0.25) is 0 Å². The number of methoxy groups -OCH3 is 2. The van der Waals surface area contributed by atoms with E-state index in [1.165, 1.54) is 0 Å². The van der Waals surface area contributed by atoms with Crippen LogP contribution in [0.4, 0.5) is 0 Å². The summed E-state index contributed by atoms with van der Waals surface area (Å²) in [6.45, 7) is 2.33. The van der Waals surface area contributed by atoms with E-state index >= 15 is 0 Å². The fourth-order valence-corrected chi connectivity index (χ4v) is 3.83. The Labute approximate surface area is 162 Å². The van der Waals surface area contributed by atoms with Crippen molar-refractivity contribution in [2.24, 2.45) is 0 Å². The van der Waals surface area contributed by atoms with Gasteiger partial charge in [-0.05, 0) is 40.7 Å². The van der Waals surface area contributed by atoms with E-state index in [2.05, 4.69) is 40.0 Å². The Morgan fingerprint density at radius 1 is 1.08 bits per heavy atom. The SMILES string of the molecule is COc1cc(C(=O)N2CCN(C)CC2c2ccccc2)cc(OC)c1Br. The molecule has 138 valence electrons. The van der Waals surface area contributed by atoms with Gasteiger partial charge in [-0.15, -0.1) is 0 Å². The molecule has 6 heteroatoms. The van der Waals surface area contributed by atoms with Gasteiger partial charge in [-0.25, -0.2) is 0 Å². The zero-order chi connectivity index (χ0) is 18.7. The van der Waals surface area contributed by atoms with E-state index in [-0.39, 0.29) is 11.9 Å². The summed E-state index contributed by atoms with van der Waals surface area (Å²) in [5.41, 5.74) is 1.70. The third-order valence-electron chi connectivity index (χ3n) is 4.72. The highest BCUT2D eigenvalue weighted by Gasteiger charge is 2.31. The first kappa shape index (κ1) is 18.7. The molecule has 2 aromatic rings. The molecule has 1 aliphatic rings. The summed E-state index contributed by atoms with van der Waals surface area (Å²) in [7, 11) is 5.25. The molecule has 1 unspecified atom stereocenters. The molecule has 0 bridgehead atoms. The average molecular weight is 419 g/mol. The molecule has 5 nitrogen and oxygen atoms in total. The van der Waals surface area contributed by atoms with E-state index < -0.39 is 0 Å². The van der Waals surface area contributed by atoms with E-state index in [0.29, 0.717) is 28.1 Å². The van der Waals surface area contributed by atoms with Crippen molar-refractivity contribution in [3.63, 3.8) is 0 Å². The van der Waals surface area contributed by atoms with Gasteiger partial charge in [0.25, 0.3) is 5.91 Å². The van der Waals surface area contributed by atoms with Crippen LogP contribution in [0.5, 0.6) is 11.5 Å². The van der Waals surface area contributed by atoms with Crippen LogP contribution in [0.25, 0.3) is 0 Å². The molecular weight excluding hydrogens is 396 g/mol. The monoisotopic (exact) mass is 418 g/mol. The lowest BCUT2D eigenvalue weighted by Crippen LogP contribution is -2.49. The highest BCUT2D eigenvalue weighted by Crippen LogP contribution is 2.37. The van der Waals surface area contributed by atoms with Gasteiger partial charge in [0, 0.05) is 25.2 Å². The number of likely N-dealkylation sites (N-methyl/N-ethyl adjacent to an activating group) is 1. The number of ether oxygens (including phenoxy) is 2. The van der Waals surface area contributed by atoms with Gasteiger partial charge in [0.1, 0.15) is 16.0 Å². The minimum Gasteiger partial charge on any atom is -0.495 e. The van der Waals surface area contributed by atoms with Crippen LogP contribution >= 0.6 is 15.9 Å². The van der Waals surface area contributed by atoms with Crippen LogP contribution in [-0.4, -0.2) is 56.6 Å². The van der Waals surface area contributed by atoms with E-state index in [9.17, 15) is 4.79 Å². The Morgan fingerprint density at radius 3 is 2.27 bits per heavy atom. The summed E-state index contributed by atoms with van der Waals surface area (Å²) in [5, 5.41) is 0. The Kier molecular flexibility index (Phi) is 5.84. The maximum absolute atomic E-state index is 13.3. The van der Waals surface area contributed by atoms with Gasteiger partial charge in [-0.2, -0.15) is 0 Å². The predicted molar refractivity (Wildman–Crippen MR) is 105 cm³/mol. The second-order valence-electron chi connectivity index (χ2n) is 6.38. The van der Waals surface area contributed by atoms with Crippen molar-refractivity contribution in [2.75, 3.05) is 40.9 Å². The molecule has 1 aliphatic heterocycles. The number of rotatable bonds is 4. The van der Waals surface area contributed by atoms with Crippen molar-refractivity contribution in [1.29, 1.82) is 0 Å². The van der Waals surface area contributed by atoms with Gasteiger partial charge in [0.15, 0.2) is 0 Å². The second kappa shape index (κ2) is 8.10. The normalized spacial score (nSPS) is 17.8. The van der Waals surface area contributed by atoms with E-state index in [4.69, 9.17) is 9.47 Å². The molecule has 0 N–H and O–H groups in total. The molecule has 1 heterocycles. The molecule has 26 heavy (non-hydrogen) atoms. The van der Waals surface area contributed by atoms with Crippen molar-refractivity contribution >= 4 is 21.8 Å². The summed E-state index contributed by atoms with van der Waals surface area (Å²) < 4.78 is 11.5. The minimum atomic E-state index is -0.0175. The number of hydrogen-bond donors (Lipinski definition) is 0. The molecule has 1 amide bonds. The molecule has 1 fully saturated rings. The maximum Gasteiger partial charge on any atom is 0.254 e. The number of halogens is 1. The fourth-order valence-electron chi connectivity index (χ4n) is 3.28. The van der Waals surface area contributed by atoms with Crippen LogP contribution in [0, 0.1) is 0 Å². The van der Waals surface area contributed by atoms with Crippen LogP contribution < -0.4 is 9.47 Å². The second-order valence-corrected chi connectivity index (χ2v) is 7.18. The highest BCUT2D eigenvalue weighted by atomic mass is 79.9. The lowest BCUT2D eigenvalue weighted by atomic mass is 10.0. The van der Waals surface area contributed by atoms with E-state index in [1.54, 1.807) is 26.4 Å². The quantitative estimate of drug-likeness (QED) is 0.760. The van der Waals surface area contributed by atoms with Gasteiger partial charge < -0.3 is 19.3 Å². The molecule has 0 aliphatic carbocycles. The number of benzene rings is 2. The van der Waals surface area contributed by atoms with Gasteiger partial charge in [0.05, 0.1) is 20.3 Å². The fraction of sp³-hybridized carbons (Fsp3) is 0.350. The molecule has 0 radical (unpaired) electrons.